The summed E-state index contributed by atoms with van der Waals surface area (Å²) < 4.78 is 0. The van der Waals surface area contributed by atoms with Crippen LogP contribution in [0.25, 0.3) is 0 Å². The SMILES string of the molecule is CC1CN(c2ncc(C(=O)O)cc2[N+](=O)[O-])CC1C. The first-order valence-corrected chi connectivity index (χ1v) is 6.02. The Balaban J connectivity index is 2.40. The van der Waals surface area contributed by atoms with Gasteiger partial charge in [0.05, 0.1) is 10.5 Å². The van der Waals surface area contributed by atoms with Gasteiger partial charge in [-0.1, -0.05) is 13.8 Å². The van der Waals surface area contributed by atoms with E-state index in [9.17, 15) is 14.9 Å². The predicted octanol–water partition coefficient (Wildman–Crippen LogP) is 1.78. The molecule has 0 saturated carbocycles. The van der Waals surface area contributed by atoms with E-state index in [1.165, 1.54) is 6.20 Å². The average Bonchev–Trinajstić information content (AvgIpc) is 2.68. The monoisotopic (exact) mass is 265 g/mol. The summed E-state index contributed by atoms with van der Waals surface area (Å²) in [5.41, 5.74) is -0.419. The molecule has 0 spiro atoms. The second-order valence-electron chi connectivity index (χ2n) is 4.99. The first-order chi connectivity index (χ1) is 8.90. The van der Waals surface area contributed by atoms with Crippen LogP contribution in [0.4, 0.5) is 11.5 Å². The molecule has 1 saturated heterocycles. The smallest absolute Gasteiger partial charge is 0.337 e. The number of nitro groups is 1. The molecule has 1 aliphatic heterocycles. The van der Waals surface area contributed by atoms with Gasteiger partial charge in [0, 0.05) is 25.4 Å². The summed E-state index contributed by atoms with van der Waals surface area (Å²) in [7, 11) is 0. The van der Waals surface area contributed by atoms with E-state index in [2.05, 4.69) is 18.8 Å². The van der Waals surface area contributed by atoms with Gasteiger partial charge in [-0.05, 0) is 11.8 Å². The van der Waals surface area contributed by atoms with Crippen molar-refractivity contribution in [3.8, 4) is 0 Å². The molecule has 0 aromatic carbocycles. The van der Waals surface area contributed by atoms with Crippen molar-refractivity contribution in [3.05, 3.63) is 27.9 Å². The van der Waals surface area contributed by atoms with Crippen LogP contribution in [0.5, 0.6) is 0 Å². The minimum absolute atomic E-state index is 0.171. The van der Waals surface area contributed by atoms with E-state index < -0.39 is 10.9 Å². The number of aromatic carboxylic acids is 1. The number of carboxylic acid groups (broad SMARTS) is 1. The van der Waals surface area contributed by atoms with Crippen molar-refractivity contribution < 1.29 is 14.8 Å². The van der Waals surface area contributed by atoms with Crippen molar-refractivity contribution in [2.24, 2.45) is 11.8 Å². The van der Waals surface area contributed by atoms with E-state index in [1.54, 1.807) is 0 Å². The van der Waals surface area contributed by atoms with E-state index >= 15 is 0 Å². The van der Waals surface area contributed by atoms with E-state index in [0.717, 1.165) is 6.07 Å². The maximum atomic E-state index is 11.1. The molecule has 2 unspecified atom stereocenters. The Hall–Kier alpha value is -2.18. The highest BCUT2D eigenvalue weighted by atomic mass is 16.6. The average molecular weight is 265 g/mol. The van der Waals surface area contributed by atoms with Gasteiger partial charge in [0.2, 0.25) is 5.82 Å². The molecule has 0 amide bonds. The Morgan fingerprint density at radius 2 is 2.05 bits per heavy atom. The van der Waals surface area contributed by atoms with Crippen molar-refractivity contribution in [2.45, 2.75) is 13.8 Å². The molecule has 1 aromatic heterocycles. The topological polar surface area (TPSA) is 96.6 Å². The van der Waals surface area contributed by atoms with Crippen LogP contribution in [-0.4, -0.2) is 34.1 Å². The number of rotatable bonds is 3. The molecule has 1 aliphatic rings. The largest absolute Gasteiger partial charge is 0.478 e. The number of carboxylic acids is 1. The maximum Gasteiger partial charge on any atom is 0.337 e. The van der Waals surface area contributed by atoms with Crippen molar-refractivity contribution in [1.82, 2.24) is 4.98 Å². The quantitative estimate of drug-likeness (QED) is 0.661. The summed E-state index contributed by atoms with van der Waals surface area (Å²) in [6.45, 7) is 5.56. The van der Waals surface area contributed by atoms with Gasteiger partial charge in [-0.2, -0.15) is 0 Å². The van der Waals surface area contributed by atoms with Crippen LogP contribution in [0, 0.1) is 22.0 Å². The number of aromatic nitrogens is 1. The van der Waals surface area contributed by atoms with Gasteiger partial charge < -0.3 is 10.0 Å². The van der Waals surface area contributed by atoms with Crippen LogP contribution in [0.3, 0.4) is 0 Å². The van der Waals surface area contributed by atoms with Crippen LogP contribution < -0.4 is 4.90 Å². The van der Waals surface area contributed by atoms with Gasteiger partial charge in [-0.15, -0.1) is 0 Å². The van der Waals surface area contributed by atoms with Crippen LogP contribution >= 0.6 is 0 Å². The molecule has 0 aliphatic carbocycles. The fourth-order valence-corrected chi connectivity index (χ4v) is 2.24. The van der Waals surface area contributed by atoms with Gasteiger partial charge in [-0.25, -0.2) is 9.78 Å². The fourth-order valence-electron chi connectivity index (χ4n) is 2.24. The van der Waals surface area contributed by atoms with Gasteiger partial charge in [0.15, 0.2) is 0 Å². The number of anilines is 1. The molecule has 7 heteroatoms. The fraction of sp³-hybridized carbons (Fsp3) is 0.500. The highest BCUT2D eigenvalue weighted by Gasteiger charge is 2.31. The summed E-state index contributed by atoms with van der Waals surface area (Å²) in [4.78, 5) is 27.1. The summed E-state index contributed by atoms with van der Waals surface area (Å²) in [6, 6.07) is 1.07. The first kappa shape index (κ1) is 13.3. The number of hydrogen-bond donors (Lipinski definition) is 1. The first-order valence-electron chi connectivity index (χ1n) is 6.02. The highest BCUT2D eigenvalue weighted by Crippen LogP contribution is 2.32. The zero-order chi connectivity index (χ0) is 14.2. The number of nitrogens with zero attached hydrogens (tertiary/aromatic N) is 3. The molecule has 2 atom stereocenters. The Morgan fingerprint density at radius 1 is 1.47 bits per heavy atom. The Morgan fingerprint density at radius 3 is 2.53 bits per heavy atom. The number of carbonyl (C=O) groups is 1. The zero-order valence-electron chi connectivity index (χ0n) is 10.7. The standard InChI is InChI=1S/C12H15N3O4/c1-7-5-14(6-8(7)2)11-10(15(18)19)3-9(4-13-11)12(16)17/h3-4,7-8H,5-6H2,1-2H3,(H,16,17). The minimum atomic E-state index is -1.22. The molecule has 1 aromatic rings. The van der Waals surface area contributed by atoms with Crippen LogP contribution in [0.15, 0.2) is 12.3 Å². The Labute approximate surface area is 110 Å². The number of hydrogen-bond acceptors (Lipinski definition) is 5. The zero-order valence-corrected chi connectivity index (χ0v) is 10.7. The third-order valence-electron chi connectivity index (χ3n) is 3.58. The molecule has 1 N–H and O–H groups in total. The number of pyridine rings is 1. The molecule has 0 bridgehead atoms. The van der Waals surface area contributed by atoms with Crippen LogP contribution in [-0.2, 0) is 0 Å². The lowest BCUT2D eigenvalue weighted by atomic mass is 10.0. The predicted molar refractivity (Wildman–Crippen MR) is 68.4 cm³/mol. The third kappa shape index (κ3) is 2.49. The molecule has 2 rings (SSSR count). The lowest BCUT2D eigenvalue weighted by molar-refractivity contribution is -0.384. The molecular weight excluding hydrogens is 250 g/mol. The molecule has 102 valence electrons. The third-order valence-corrected chi connectivity index (χ3v) is 3.58. The molecule has 7 nitrogen and oxygen atoms in total. The molecule has 2 heterocycles. The minimum Gasteiger partial charge on any atom is -0.478 e. The van der Waals surface area contributed by atoms with E-state index in [-0.39, 0.29) is 17.1 Å². The van der Waals surface area contributed by atoms with Gasteiger partial charge in [-0.3, -0.25) is 10.1 Å². The molecule has 0 radical (unpaired) electrons. The van der Waals surface area contributed by atoms with Gasteiger partial charge >= 0.3 is 11.7 Å². The van der Waals surface area contributed by atoms with Crippen molar-refractivity contribution in [1.29, 1.82) is 0 Å². The van der Waals surface area contributed by atoms with Crippen LogP contribution in [0.1, 0.15) is 24.2 Å². The second kappa shape index (κ2) is 4.83. The highest BCUT2D eigenvalue weighted by molar-refractivity contribution is 5.88. The van der Waals surface area contributed by atoms with E-state index in [0.29, 0.717) is 24.9 Å². The summed E-state index contributed by atoms with van der Waals surface area (Å²) in [5.74, 6) is -0.0994. The second-order valence-corrected chi connectivity index (χ2v) is 4.99. The summed E-state index contributed by atoms with van der Waals surface area (Å²) in [6.07, 6.45) is 1.16. The molecule has 19 heavy (non-hydrogen) atoms. The summed E-state index contributed by atoms with van der Waals surface area (Å²) >= 11 is 0. The van der Waals surface area contributed by atoms with Gasteiger partial charge in [0.1, 0.15) is 0 Å². The molecular formula is C12H15N3O4. The maximum absolute atomic E-state index is 11.1. The van der Waals surface area contributed by atoms with E-state index in [1.807, 2.05) is 4.90 Å². The van der Waals surface area contributed by atoms with E-state index in [4.69, 9.17) is 5.11 Å². The summed E-state index contributed by atoms with van der Waals surface area (Å²) in [5, 5.41) is 19.9. The van der Waals surface area contributed by atoms with Crippen molar-refractivity contribution in [2.75, 3.05) is 18.0 Å². The van der Waals surface area contributed by atoms with Gasteiger partial charge in [0.25, 0.3) is 0 Å². The van der Waals surface area contributed by atoms with Crippen molar-refractivity contribution >= 4 is 17.5 Å². The lowest BCUT2D eigenvalue weighted by Crippen LogP contribution is -2.22. The van der Waals surface area contributed by atoms with Crippen LogP contribution in [0.2, 0.25) is 0 Å². The Bertz CT molecular complexity index is 522. The van der Waals surface area contributed by atoms with Crippen molar-refractivity contribution in [3.63, 3.8) is 0 Å². The molecule has 1 fully saturated rings. The lowest BCUT2D eigenvalue weighted by Gasteiger charge is -2.16. The normalized spacial score (nSPS) is 22.5. The Kier molecular flexibility index (Phi) is 3.37.